The van der Waals surface area contributed by atoms with Crippen LogP contribution in [0.3, 0.4) is 0 Å². The van der Waals surface area contributed by atoms with Gasteiger partial charge in [-0.3, -0.25) is 0 Å². The lowest BCUT2D eigenvalue weighted by Gasteiger charge is -2.27. The third-order valence-corrected chi connectivity index (χ3v) is 2.89. The lowest BCUT2D eigenvalue weighted by molar-refractivity contribution is 0.0459. The fourth-order valence-corrected chi connectivity index (χ4v) is 1.86. The Morgan fingerprint density at radius 3 is 2.76 bits per heavy atom. The summed E-state index contributed by atoms with van der Waals surface area (Å²) in [6.07, 6.45) is 1.38. The molecule has 1 rings (SSSR count). The summed E-state index contributed by atoms with van der Waals surface area (Å²) in [6.45, 7) is 2.69. The largest absolute Gasteiger partial charge is 0.387 e. The van der Waals surface area contributed by atoms with E-state index in [1.54, 1.807) is 6.92 Å². The Hall–Kier alpha value is -0.920. The molecule has 0 radical (unpaired) electrons. The molecule has 0 bridgehead atoms. The summed E-state index contributed by atoms with van der Waals surface area (Å²) < 4.78 is 0.612. The second-order valence-corrected chi connectivity index (χ2v) is 5.30. The number of nitrogens with one attached hydrogen (secondary N) is 1. The van der Waals surface area contributed by atoms with Crippen molar-refractivity contribution in [1.29, 1.82) is 0 Å². The molecule has 0 aliphatic heterocycles. The van der Waals surface area contributed by atoms with E-state index in [-0.39, 0.29) is 0 Å². The highest BCUT2D eigenvalue weighted by Crippen LogP contribution is 2.24. The van der Waals surface area contributed by atoms with E-state index in [0.717, 1.165) is 0 Å². The Kier molecular flexibility index (Phi) is 4.67. The molecule has 0 amide bonds. The maximum absolute atomic E-state index is 10.1. The number of nitrogens with two attached hydrogens (primary N) is 1. The predicted molar refractivity (Wildman–Crippen MR) is 71.8 cm³/mol. The molecule has 0 aliphatic carbocycles. The summed E-state index contributed by atoms with van der Waals surface area (Å²) in [4.78, 5) is 9.81. The van der Waals surface area contributed by atoms with E-state index in [1.807, 2.05) is 19.0 Å². The number of rotatable bonds is 5. The van der Waals surface area contributed by atoms with Crippen LogP contribution in [0.15, 0.2) is 10.8 Å². The van der Waals surface area contributed by atoms with Crippen LogP contribution >= 0.6 is 15.9 Å². The van der Waals surface area contributed by atoms with Gasteiger partial charge in [0.25, 0.3) is 0 Å². The van der Waals surface area contributed by atoms with Crippen LogP contribution in [0.4, 0.5) is 11.6 Å². The Bertz CT molecular complexity index is 383. The van der Waals surface area contributed by atoms with Crippen molar-refractivity contribution in [2.24, 2.45) is 0 Å². The van der Waals surface area contributed by atoms with Gasteiger partial charge in [-0.2, -0.15) is 0 Å². The van der Waals surface area contributed by atoms with Crippen molar-refractivity contribution in [1.82, 2.24) is 14.9 Å². The number of aromatic nitrogens is 2. The van der Waals surface area contributed by atoms with Gasteiger partial charge in [0.05, 0.1) is 5.60 Å². The Morgan fingerprint density at radius 2 is 2.18 bits per heavy atom. The number of likely N-dealkylation sites (N-methyl/N-ethyl adjacent to an activating group) is 1. The van der Waals surface area contributed by atoms with Crippen molar-refractivity contribution in [2.45, 2.75) is 12.5 Å². The summed E-state index contributed by atoms with van der Waals surface area (Å²) in [5.74, 6) is 0.950. The second-order valence-electron chi connectivity index (χ2n) is 4.51. The van der Waals surface area contributed by atoms with Gasteiger partial charge in [-0.1, -0.05) is 0 Å². The van der Waals surface area contributed by atoms with Crippen molar-refractivity contribution >= 4 is 27.6 Å². The zero-order chi connectivity index (χ0) is 13.1. The number of nitrogen functional groups attached to an aromatic ring is 1. The molecule has 0 fully saturated rings. The van der Waals surface area contributed by atoms with E-state index in [0.29, 0.717) is 29.2 Å². The molecule has 6 nitrogen and oxygen atoms in total. The first-order valence-electron chi connectivity index (χ1n) is 5.19. The van der Waals surface area contributed by atoms with Crippen molar-refractivity contribution in [3.05, 3.63) is 10.8 Å². The SMILES string of the molecule is CN(C)CC(C)(O)CNc1ncnc(N)c1Br. The Labute approximate surface area is 109 Å². The van der Waals surface area contributed by atoms with Crippen LogP contribution in [0.1, 0.15) is 6.92 Å². The van der Waals surface area contributed by atoms with Crippen LogP contribution in [-0.2, 0) is 0 Å². The van der Waals surface area contributed by atoms with Crippen LogP contribution in [0.25, 0.3) is 0 Å². The minimum Gasteiger partial charge on any atom is -0.387 e. The molecule has 7 heteroatoms. The lowest BCUT2D eigenvalue weighted by atomic mass is 10.1. The van der Waals surface area contributed by atoms with Gasteiger partial charge in [-0.25, -0.2) is 9.97 Å². The van der Waals surface area contributed by atoms with Gasteiger partial charge < -0.3 is 21.1 Å². The van der Waals surface area contributed by atoms with Gasteiger partial charge in [0.2, 0.25) is 0 Å². The predicted octanol–water partition coefficient (Wildman–Crippen LogP) is 0.546. The highest BCUT2D eigenvalue weighted by molar-refractivity contribution is 9.10. The maximum Gasteiger partial charge on any atom is 0.146 e. The molecule has 17 heavy (non-hydrogen) atoms. The van der Waals surface area contributed by atoms with Gasteiger partial charge >= 0.3 is 0 Å². The fourth-order valence-electron chi connectivity index (χ4n) is 1.52. The van der Waals surface area contributed by atoms with Gasteiger partial charge in [0.15, 0.2) is 0 Å². The van der Waals surface area contributed by atoms with Crippen molar-refractivity contribution in [3.8, 4) is 0 Å². The van der Waals surface area contributed by atoms with Crippen LogP contribution in [0, 0.1) is 0 Å². The average Bonchev–Trinajstić information content (AvgIpc) is 2.18. The molecule has 1 unspecified atom stereocenters. The second kappa shape index (κ2) is 5.61. The van der Waals surface area contributed by atoms with Crippen LogP contribution < -0.4 is 11.1 Å². The molecule has 4 N–H and O–H groups in total. The number of hydrogen-bond acceptors (Lipinski definition) is 6. The fraction of sp³-hybridized carbons (Fsp3) is 0.600. The van der Waals surface area contributed by atoms with E-state index in [9.17, 15) is 5.11 Å². The molecule has 0 spiro atoms. The minimum atomic E-state index is -0.845. The van der Waals surface area contributed by atoms with Crippen LogP contribution in [0.2, 0.25) is 0 Å². The number of anilines is 2. The molecule has 1 atom stereocenters. The molecule has 0 aliphatic rings. The molecule has 1 aromatic rings. The molecule has 0 saturated carbocycles. The van der Waals surface area contributed by atoms with Gasteiger partial charge in [0, 0.05) is 13.1 Å². The first-order chi connectivity index (χ1) is 7.82. The molecular formula is C10H18BrN5O. The molecule has 1 aromatic heterocycles. The number of nitrogens with zero attached hydrogens (tertiary/aromatic N) is 3. The van der Waals surface area contributed by atoms with E-state index in [4.69, 9.17) is 5.73 Å². The quantitative estimate of drug-likeness (QED) is 0.736. The summed E-state index contributed by atoms with van der Waals surface area (Å²) in [7, 11) is 3.82. The number of halogens is 1. The molecule has 1 heterocycles. The normalized spacial score (nSPS) is 14.7. The zero-order valence-corrected chi connectivity index (χ0v) is 11.8. The number of hydrogen-bond donors (Lipinski definition) is 3. The smallest absolute Gasteiger partial charge is 0.146 e. The first kappa shape index (κ1) is 14.1. The van der Waals surface area contributed by atoms with E-state index in [1.165, 1.54) is 6.33 Å². The highest BCUT2D eigenvalue weighted by Gasteiger charge is 2.21. The van der Waals surface area contributed by atoms with Gasteiger partial charge in [-0.15, -0.1) is 0 Å². The monoisotopic (exact) mass is 303 g/mol. The Morgan fingerprint density at radius 1 is 1.53 bits per heavy atom. The molecular weight excluding hydrogens is 286 g/mol. The van der Waals surface area contributed by atoms with E-state index in [2.05, 4.69) is 31.2 Å². The molecule has 0 saturated heterocycles. The summed E-state index contributed by atoms with van der Waals surface area (Å²) in [5, 5.41) is 13.2. The Balaban J connectivity index is 2.64. The topological polar surface area (TPSA) is 87.3 Å². The van der Waals surface area contributed by atoms with Crippen LogP contribution in [0.5, 0.6) is 0 Å². The maximum atomic E-state index is 10.1. The van der Waals surface area contributed by atoms with Crippen molar-refractivity contribution in [2.75, 3.05) is 38.2 Å². The van der Waals surface area contributed by atoms with E-state index < -0.39 is 5.60 Å². The average molecular weight is 304 g/mol. The summed E-state index contributed by atoms with van der Waals surface area (Å²) in [5.41, 5.74) is 4.79. The number of aliphatic hydroxyl groups is 1. The van der Waals surface area contributed by atoms with E-state index >= 15 is 0 Å². The lowest BCUT2D eigenvalue weighted by Crippen LogP contribution is -2.43. The third kappa shape index (κ3) is 4.45. The zero-order valence-electron chi connectivity index (χ0n) is 10.2. The minimum absolute atomic E-state index is 0.370. The summed E-state index contributed by atoms with van der Waals surface area (Å²) in [6, 6.07) is 0. The molecule has 0 aromatic carbocycles. The van der Waals surface area contributed by atoms with Crippen molar-refractivity contribution in [3.63, 3.8) is 0 Å². The van der Waals surface area contributed by atoms with Crippen molar-refractivity contribution < 1.29 is 5.11 Å². The molecule has 96 valence electrons. The summed E-state index contributed by atoms with van der Waals surface area (Å²) >= 11 is 3.29. The van der Waals surface area contributed by atoms with Gasteiger partial charge in [0.1, 0.15) is 22.4 Å². The third-order valence-electron chi connectivity index (χ3n) is 2.11. The van der Waals surface area contributed by atoms with Gasteiger partial charge in [-0.05, 0) is 36.9 Å². The standard InChI is InChI=1S/C10H18BrN5O/c1-10(17,5-16(2)3)4-13-9-7(11)8(12)14-6-15-9/h6,17H,4-5H2,1-3H3,(H3,12,13,14,15). The van der Waals surface area contributed by atoms with Crippen LogP contribution in [-0.4, -0.2) is 52.8 Å². The highest BCUT2D eigenvalue weighted by atomic mass is 79.9. The first-order valence-corrected chi connectivity index (χ1v) is 5.98.